The third-order valence-corrected chi connectivity index (χ3v) is 2.48. The zero-order valence-electron chi connectivity index (χ0n) is 5.33. The van der Waals surface area contributed by atoms with Crippen LogP contribution < -0.4 is 0 Å². The van der Waals surface area contributed by atoms with Gasteiger partial charge in [0.25, 0.3) is 0 Å². The number of halogens is 2. The lowest BCUT2D eigenvalue weighted by Gasteiger charge is -2.05. The first-order valence-corrected chi connectivity index (χ1v) is 4.52. The van der Waals surface area contributed by atoms with Crippen molar-refractivity contribution in [1.29, 1.82) is 0 Å². The van der Waals surface area contributed by atoms with Gasteiger partial charge in [-0.2, -0.15) is 0 Å². The van der Waals surface area contributed by atoms with E-state index in [0.717, 1.165) is 0 Å². The van der Waals surface area contributed by atoms with E-state index in [0.29, 0.717) is 0 Å². The van der Waals surface area contributed by atoms with Crippen LogP contribution in [0.25, 0.3) is 0 Å². The molecule has 2 N–H and O–H groups in total. The summed E-state index contributed by atoms with van der Waals surface area (Å²) < 4.78 is 0. The van der Waals surface area contributed by atoms with E-state index in [4.69, 9.17) is 10.2 Å². The lowest BCUT2D eigenvalue weighted by atomic mass is 10.2. The maximum Gasteiger partial charge on any atom is 0.317 e. The third kappa shape index (κ3) is 4.36. The third-order valence-electron chi connectivity index (χ3n) is 0.950. The molecule has 0 heterocycles. The highest BCUT2D eigenvalue weighted by molar-refractivity contribution is 9.10. The monoisotopic (exact) mass is 288 g/mol. The van der Waals surface area contributed by atoms with Gasteiger partial charge in [0.2, 0.25) is 0 Å². The molecule has 0 unspecified atom stereocenters. The highest BCUT2D eigenvalue weighted by atomic mass is 79.9. The van der Waals surface area contributed by atoms with Crippen molar-refractivity contribution in [1.82, 2.24) is 0 Å². The van der Waals surface area contributed by atoms with Crippen LogP contribution in [0.3, 0.4) is 0 Å². The number of carboxylic acid groups (broad SMARTS) is 2. The maximum absolute atomic E-state index is 10.2. The molecule has 11 heavy (non-hydrogen) atoms. The minimum Gasteiger partial charge on any atom is -0.480 e. The summed E-state index contributed by atoms with van der Waals surface area (Å²) in [6.07, 6.45) is 0.0185. The fourth-order valence-corrected chi connectivity index (χ4v) is 1.63. The molecule has 64 valence electrons. The van der Waals surface area contributed by atoms with E-state index in [1.165, 1.54) is 0 Å². The number of carboxylic acids is 2. The molecule has 0 radical (unpaired) electrons. The van der Waals surface area contributed by atoms with Gasteiger partial charge in [-0.25, -0.2) is 0 Å². The molecule has 4 nitrogen and oxygen atoms in total. The summed E-state index contributed by atoms with van der Waals surface area (Å²) in [6.45, 7) is 0. The molecule has 0 aliphatic rings. The average Bonchev–Trinajstić information content (AvgIpc) is 1.87. The van der Waals surface area contributed by atoms with Crippen molar-refractivity contribution in [2.24, 2.45) is 0 Å². The van der Waals surface area contributed by atoms with Gasteiger partial charge in [0.1, 0.15) is 9.65 Å². The van der Waals surface area contributed by atoms with Gasteiger partial charge < -0.3 is 10.2 Å². The van der Waals surface area contributed by atoms with E-state index in [9.17, 15) is 9.59 Å². The fraction of sp³-hybridized carbons (Fsp3) is 0.600. The first kappa shape index (κ1) is 10.9. The van der Waals surface area contributed by atoms with Gasteiger partial charge in [0.05, 0.1) is 0 Å². The highest BCUT2D eigenvalue weighted by Crippen LogP contribution is 2.14. The Hall–Kier alpha value is -0.100. The van der Waals surface area contributed by atoms with Gasteiger partial charge in [-0.1, -0.05) is 31.9 Å². The lowest BCUT2D eigenvalue weighted by Crippen LogP contribution is -2.22. The second-order valence-electron chi connectivity index (χ2n) is 1.85. The average molecular weight is 290 g/mol. The van der Waals surface area contributed by atoms with Gasteiger partial charge >= 0.3 is 11.9 Å². The van der Waals surface area contributed by atoms with Crippen molar-refractivity contribution in [2.75, 3.05) is 0 Å². The SMILES string of the molecule is O=C(O)[C@@H](Br)C[C@H](Br)C(=O)O. The Morgan fingerprint density at radius 1 is 1.09 bits per heavy atom. The van der Waals surface area contributed by atoms with Gasteiger partial charge in [0.15, 0.2) is 0 Å². The maximum atomic E-state index is 10.2. The van der Waals surface area contributed by atoms with Crippen LogP contribution in [0.15, 0.2) is 0 Å². The molecule has 0 bridgehead atoms. The van der Waals surface area contributed by atoms with Gasteiger partial charge in [0, 0.05) is 0 Å². The number of rotatable bonds is 4. The molecule has 0 aromatic rings. The highest BCUT2D eigenvalue weighted by Gasteiger charge is 2.22. The first-order chi connectivity index (χ1) is 4.95. The molecule has 0 aromatic heterocycles. The number of carbonyl (C=O) groups is 2. The Kier molecular flexibility index (Phi) is 4.67. The molecule has 2 atom stereocenters. The van der Waals surface area contributed by atoms with Crippen LogP contribution in [-0.2, 0) is 9.59 Å². The van der Waals surface area contributed by atoms with Crippen LogP contribution in [0.2, 0.25) is 0 Å². The Morgan fingerprint density at radius 2 is 1.36 bits per heavy atom. The smallest absolute Gasteiger partial charge is 0.317 e. The van der Waals surface area contributed by atoms with E-state index in [2.05, 4.69) is 31.9 Å². The van der Waals surface area contributed by atoms with E-state index in [1.54, 1.807) is 0 Å². The molecule has 6 heteroatoms. The van der Waals surface area contributed by atoms with Gasteiger partial charge in [-0.15, -0.1) is 0 Å². The summed E-state index contributed by atoms with van der Waals surface area (Å²) in [5.41, 5.74) is 0. The molecule has 0 aliphatic heterocycles. The zero-order valence-corrected chi connectivity index (χ0v) is 8.50. The van der Waals surface area contributed by atoms with Gasteiger partial charge in [-0.3, -0.25) is 9.59 Å². The second-order valence-corrected chi connectivity index (χ2v) is 4.06. The number of aliphatic carboxylic acids is 2. The molecule has 0 aliphatic carbocycles. The molecular formula is C5H6Br2O4. The van der Waals surface area contributed by atoms with Crippen molar-refractivity contribution < 1.29 is 19.8 Å². The normalized spacial score (nSPS) is 15.5. The molecule has 0 saturated carbocycles. The number of hydrogen-bond donors (Lipinski definition) is 2. The Balaban J connectivity index is 3.84. The first-order valence-electron chi connectivity index (χ1n) is 2.69. The molecule has 0 rings (SSSR count). The van der Waals surface area contributed by atoms with Crippen molar-refractivity contribution in [3.8, 4) is 0 Å². The van der Waals surface area contributed by atoms with E-state index < -0.39 is 21.6 Å². The number of hydrogen-bond acceptors (Lipinski definition) is 2. The Labute approximate surface area is 79.8 Å². The molecule has 0 fully saturated rings. The van der Waals surface area contributed by atoms with Crippen molar-refractivity contribution in [3.63, 3.8) is 0 Å². The van der Waals surface area contributed by atoms with Crippen molar-refractivity contribution in [2.45, 2.75) is 16.1 Å². The van der Waals surface area contributed by atoms with E-state index >= 15 is 0 Å². The summed E-state index contributed by atoms with van der Waals surface area (Å²) >= 11 is 5.64. The Bertz CT molecular complexity index is 152. The van der Waals surface area contributed by atoms with Crippen molar-refractivity contribution in [3.05, 3.63) is 0 Å². The largest absolute Gasteiger partial charge is 0.480 e. The molecule has 0 saturated heterocycles. The molecular weight excluding hydrogens is 284 g/mol. The van der Waals surface area contributed by atoms with Crippen LogP contribution in [0, 0.1) is 0 Å². The van der Waals surface area contributed by atoms with Crippen molar-refractivity contribution >= 4 is 43.8 Å². The fourth-order valence-electron chi connectivity index (χ4n) is 0.383. The summed E-state index contributed by atoms with van der Waals surface area (Å²) in [5.74, 6) is -2.12. The van der Waals surface area contributed by atoms with Crippen LogP contribution in [0.1, 0.15) is 6.42 Å². The van der Waals surface area contributed by atoms with E-state index in [1.807, 2.05) is 0 Å². The van der Waals surface area contributed by atoms with Crippen LogP contribution in [0.4, 0.5) is 0 Å². The predicted molar refractivity (Wildman–Crippen MR) is 45.3 cm³/mol. The van der Waals surface area contributed by atoms with Crippen LogP contribution in [0.5, 0.6) is 0 Å². The zero-order chi connectivity index (χ0) is 9.02. The summed E-state index contributed by atoms with van der Waals surface area (Å²) in [5, 5.41) is 16.7. The topological polar surface area (TPSA) is 74.6 Å². The van der Waals surface area contributed by atoms with Crippen LogP contribution >= 0.6 is 31.9 Å². The van der Waals surface area contributed by atoms with Crippen LogP contribution in [-0.4, -0.2) is 31.8 Å². The summed E-state index contributed by atoms with van der Waals surface area (Å²) in [4.78, 5) is 18.8. The minimum absolute atomic E-state index is 0.0185. The minimum atomic E-state index is -1.06. The Morgan fingerprint density at radius 3 is 1.55 bits per heavy atom. The predicted octanol–water partition coefficient (Wildman–Crippen LogP) is 1.07. The van der Waals surface area contributed by atoms with Gasteiger partial charge in [-0.05, 0) is 6.42 Å². The second kappa shape index (κ2) is 4.71. The molecule has 0 spiro atoms. The quantitative estimate of drug-likeness (QED) is 0.759. The molecule has 0 amide bonds. The molecule has 0 aromatic carbocycles. The lowest BCUT2D eigenvalue weighted by molar-refractivity contribution is -0.137. The standard InChI is InChI=1S/C5H6Br2O4/c6-2(4(8)9)1-3(7)5(10)11/h2-3H,1H2,(H,8,9)(H,10,11)/t2-,3-/m0/s1. The number of alkyl halides is 2. The summed E-state index contributed by atoms with van der Waals surface area (Å²) in [6, 6.07) is 0. The van der Waals surface area contributed by atoms with E-state index in [-0.39, 0.29) is 6.42 Å². The summed E-state index contributed by atoms with van der Waals surface area (Å²) in [7, 11) is 0.